The van der Waals surface area contributed by atoms with E-state index in [2.05, 4.69) is 24.3 Å². The molecule has 0 aliphatic carbocycles. The molecule has 0 radical (unpaired) electrons. The van der Waals surface area contributed by atoms with Crippen LogP contribution in [0.2, 0.25) is 0 Å². The molecule has 0 fully saturated rings. The van der Waals surface area contributed by atoms with E-state index in [1.165, 1.54) is 7.11 Å². The number of nitrogens with zero attached hydrogens (tertiary/aromatic N) is 2. The molecule has 1 heterocycles. The summed E-state index contributed by atoms with van der Waals surface area (Å²) in [6.45, 7) is 4.15. The molecule has 0 spiro atoms. The summed E-state index contributed by atoms with van der Waals surface area (Å²) in [5.41, 5.74) is 2.01. The van der Waals surface area contributed by atoms with Crippen molar-refractivity contribution in [2.45, 2.75) is 19.9 Å². The second kappa shape index (κ2) is 6.84. The fourth-order valence-corrected chi connectivity index (χ4v) is 2.65. The molecule has 3 rings (SSSR count). The first-order chi connectivity index (χ1) is 12.0. The van der Waals surface area contributed by atoms with Gasteiger partial charge in [0, 0.05) is 23.3 Å². The molecule has 3 aromatic rings. The summed E-state index contributed by atoms with van der Waals surface area (Å²) in [6, 6.07) is 11.1. The van der Waals surface area contributed by atoms with Gasteiger partial charge >= 0.3 is 0 Å². The van der Waals surface area contributed by atoms with E-state index in [-0.39, 0.29) is 11.9 Å². The zero-order chi connectivity index (χ0) is 18.0. The van der Waals surface area contributed by atoms with Gasteiger partial charge in [-0.05, 0) is 44.2 Å². The van der Waals surface area contributed by atoms with Crippen LogP contribution in [0.15, 0.2) is 42.6 Å². The molecule has 0 unspecified atom stereocenters. The molecule has 130 valence electrons. The summed E-state index contributed by atoms with van der Waals surface area (Å²) < 4.78 is 12.5. The molecule has 6 heteroatoms. The van der Waals surface area contributed by atoms with Crippen molar-refractivity contribution in [3.8, 4) is 11.5 Å². The lowest BCUT2D eigenvalue weighted by Crippen LogP contribution is -2.13. The van der Waals surface area contributed by atoms with Crippen molar-refractivity contribution in [2.24, 2.45) is 0 Å². The van der Waals surface area contributed by atoms with E-state index in [0.29, 0.717) is 22.7 Å². The van der Waals surface area contributed by atoms with Gasteiger partial charge in [-0.1, -0.05) is 6.07 Å². The number of hydrogen-bond donors (Lipinski definition) is 1. The number of rotatable bonds is 5. The van der Waals surface area contributed by atoms with Gasteiger partial charge in [0.25, 0.3) is 5.91 Å². The minimum absolute atomic E-state index is 0.258. The molecule has 0 saturated carbocycles. The largest absolute Gasteiger partial charge is 0.493 e. The number of anilines is 1. The van der Waals surface area contributed by atoms with Crippen molar-refractivity contribution in [3.63, 3.8) is 0 Å². The fourth-order valence-electron chi connectivity index (χ4n) is 2.65. The summed E-state index contributed by atoms with van der Waals surface area (Å²) >= 11 is 0. The standard InChI is InChI=1S/C19H21N3O3/c1-12(2)22-11-13-10-14(8-9-16(13)21-22)20-19(23)15-6-5-7-17(24-3)18(15)25-4/h5-12H,1-4H3,(H,20,23). The van der Waals surface area contributed by atoms with E-state index in [1.807, 2.05) is 29.1 Å². The number of nitrogens with one attached hydrogen (secondary N) is 1. The SMILES string of the molecule is COc1cccc(C(=O)Nc2ccc3nn(C(C)C)cc3c2)c1OC. The van der Waals surface area contributed by atoms with E-state index < -0.39 is 0 Å². The highest BCUT2D eigenvalue weighted by Gasteiger charge is 2.16. The molecule has 25 heavy (non-hydrogen) atoms. The second-order valence-corrected chi connectivity index (χ2v) is 5.97. The Morgan fingerprint density at radius 2 is 1.96 bits per heavy atom. The highest BCUT2D eigenvalue weighted by molar-refractivity contribution is 6.07. The molecular formula is C19H21N3O3. The van der Waals surface area contributed by atoms with Crippen LogP contribution >= 0.6 is 0 Å². The maximum atomic E-state index is 12.6. The van der Waals surface area contributed by atoms with E-state index in [9.17, 15) is 4.79 Å². The highest BCUT2D eigenvalue weighted by Crippen LogP contribution is 2.31. The van der Waals surface area contributed by atoms with Crippen molar-refractivity contribution in [1.29, 1.82) is 0 Å². The predicted molar refractivity (Wildman–Crippen MR) is 97.6 cm³/mol. The van der Waals surface area contributed by atoms with Gasteiger partial charge in [-0.25, -0.2) is 0 Å². The summed E-state index contributed by atoms with van der Waals surface area (Å²) in [4.78, 5) is 12.6. The molecule has 6 nitrogen and oxygen atoms in total. The minimum Gasteiger partial charge on any atom is -0.493 e. The third-order valence-electron chi connectivity index (χ3n) is 3.96. The zero-order valence-corrected chi connectivity index (χ0v) is 14.7. The van der Waals surface area contributed by atoms with Gasteiger partial charge in [-0.3, -0.25) is 9.48 Å². The molecule has 2 aromatic carbocycles. The maximum Gasteiger partial charge on any atom is 0.259 e. The van der Waals surface area contributed by atoms with Crippen LogP contribution in [-0.4, -0.2) is 29.9 Å². The van der Waals surface area contributed by atoms with Crippen LogP contribution in [0.25, 0.3) is 10.9 Å². The Morgan fingerprint density at radius 1 is 1.16 bits per heavy atom. The van der Waals surface area contributed by atoms with Gasteiger partial charge in [-0.15, -0.1) is 0 Å². The van der Waals surface area contributed by atoms with Crippen molar-refractivity contribution < 1.29 is 14.3 Å². The number of carbonyl (C=O) groups excluding carboxylic acids is 1. The second-order valence-electron chi connectivity index (χ2n) is 5.97. The Morgan fingerprint density at radius 3 is 2.64 bits per heavy atom. The lowest BCUT2D eigenvalue weighted by Gasteiger charge is -2.12. The average molecular weight is 339 g/mol. The predicted octanol–water partition coefficient (Wildman–Crippen LogP) is 3.89. The molecule has 1 aromatic heterocycles. The molecule has 0 aliphatic rings. The average Bonchev–Trinajstić information content (AvgIpc) is 3.04. The summed E-state index contributed by atoms with van der Waals surface area (Å²) in [5.74, 6) is 0.673. The number of carbonyl (C=O) groups is 1. The van der Waals surface area contributed by atoms with Gasteiger partial charge in [0.1, 0.15) is 0 Å². The van der Waals surface area contributed by atoms with Crippen LogP contribution in [0.4, 0.5) is 5.69 Å². The molecule has 0 atom stereocenters. The van der Waals surface area contributed by atoms with Crippen LogP contribution in [0, 0.1) is 0 Å². The van der Waals surface area contributed by atoms with Crippen LogP contribution in [-0.2, 0) is 0 Å². The lowest BCUT2D eigenvalue weighted by atomic mass is 10.1. The summed E-state index contributed by atoms with van der Waals surface area (Å²) in [6.07, 6.45) is 1.97. The van der Waals surface area contributed by atoms with Crippen LogP contribution in [0.5, 0.6) is 11.5 Å². The monoisotopic (exact) mass is 339 g/mol. The van der Waals surface area contributed by atoms with Crippen molar-refractivity contribution in [1.82, 2.24) is 9.78 Å². The minimum atomic E-state index is -0.258. The number of ether oxygens (including phenoxy) is 2. The summed E-state index contributed by atoms with van der Waals surface area (Å²) in [5, 5.41) is 8.39. The fraction of sp³-hybridized carbons (Fsp3) is 0.263. The van der Waals surface area contributed by atoms with Gasteiger partial charge in [0.15, 0.2) is 11.5 Å². The van der Waals surface area contributed by atoms with E-state index in [4.69, 9.17) is 9.47 Å². The van der Waals surface area contributed by atoms with Crippen molar-refractivity contribution >= 4 is 22.5 Å². The Hall–Kier alpha value is -3.02. The van der Waals surface area contributed by atoms with E-state index >= 15 is 0 Å². The molecule has 0 bridgehead atoms. The molecular weight excluding hydrogens is 318 g/mol. The number of benzene rings is 2. The van der Waals surface area contributed by atoms with Crippen LogP contribution in [0.3, 0.4) is 0 Å². The number of hydrogen-bond acceptors (Lipinski definition) is 4. The Bertz CT molecular complexity index is 915. The van der Waals surface area contributed by atoms with Gasteiger partial charge in [-0.2, -0.15) is 5.10 Å². The number of amides is 1. The maximum absolute atomic E-state index is 12.6. The molecule has 1 amide bonds. The number of aromatic nitrogens is 2. The lowest BCUT2D eigenvalue weighted by molar-refractivity contribution is 0.102. The normalized spacial score (nSPS) is 10.9. The van der Waals surface area contributed by atoms with Crippen molar-refractivity contribution in [3.05, 3.63) is 48.2 Å². The topological polar surface area (TPSA) is 65.4 Å². The van der Waals surface area contributed by atoms with Crippen LogP contribution in [0.1, 0.15) is 30.2 Å². The van der Waals surface area contributed by atoms with Crippen molar-refractivity contribution in [2.75, 3.05) is 19.5 Å². The van der Waals surface area contributed by atoms with E-state index in [0.717, 1.165) is 10.9 Å². The zero-order valence-electron chi connectivity index (χ0n) is 14.7. The first-order valence-corrected chi connectivity index (χ1v) is 8.04. The van der Waals surface area contributed by atoms with E-state index in [1.54, 1.807) is 25.3 Å². The number of fused-ring (bicyclic) bond motifs is 1. The summed E-state index contributed by atoms with van der Waals surface area (Å²) in [7, 11) is 3.06. The third-order valence-corrected chi connectivity index (χ3v) is 3.96. The molecule has 0 aliphatic heterocycles. The van der Waals surface area contributed by atoms with Gasteiger partial charge < -0.3 is 14.8 Å². The Balaban J connectivity index is 1.89. The Labute approximate surface area is 146 Å². The van der Waals surface area contributed by atoms with Gasteiger partial charge in [0.05, 0.1) is 25.3 Å². The molecule has 0 saturated heterocycles. The Kier molecular flexibility index (Phi) is 4.61. The third kappa shape index (κ3) is 3.28. The highest BCUT2D eigenvalue weighted by atomic mass is 16.5. The number of para-hydroxylation sites is 1. The first-order valence-electron chi connectivity index (χ1n) is 8.04. The van der Waals surface area contributed by atoms with Gasteiger partial charge in [0.2, 0.25) is 0 Å². The quantitative estimate of drug-likeness (QED) is 0.766. The number of methoxy groups -OCH3 is 2. The smallest absolute Gasteiger partial charge is 0.259 e. The van der Waals surface area contributed by atoms with Crippen LogP contribution < -0.4 is 14.8 Å². The molecule has 1 N–H and O–H groups in total. The first kappa shape index (κ1) is 16.8.